The second-order valence-corrected chi connectivity index (χ2v) is 7.25. The first kappa shape index (κ1) is 14.9. The first-order valence-corrected chi connectivity index (χ1v) is 7.71. The van der Waals surface area contributed by atoms with Gasteiger partial charge in [0.15, 0.2) is 0 Å². The smallest absolute Gasteiger partial charge is 0.0552 e. The number of halogens is 1. The van der Waals surface area contributed by atoms with Gasteiger partial charge in [-0.25, -0.2) is 0 Å². The molecule has 1 fully saturated rings. The summed E-state index contributed by atoms with van der Waals surface area (Å²) in [6, 6.07) is 6.32. The molecule has 1 aliphatic carbocycles. The highest BCUT2D eigenvalue weighted by molar-refractivity contribution is 6.31. The van der Waals surface area contributed by atoms with Gasteiger partial charge in [0.2, 0.25) is 0 Å². The summed E-state index contributed by atoms with van der Waals surface area (Å²) in [5.41, 5.74) is 2.92. The Morgan fingerprint density at radius 3 is 2.47 bits per heavy atom. The number of aliphatic hydroxyl groups excluding tert-OH is 1. The van der Waals surface area contributed by atoms with Gasteiger partial charge in [0.25, 0.3) is 0 Å². The van der Waals surface area contributed by atoms with Crippen LogP contribution in [-0.2, 0) is 6.42 Å². The largest absolute Gasteiger partial charge is 0.393 e. The predicted molar refractivity (Wildman–Crippen MR) is 81.8 cm³/mol. The van der Waals surface area contributed by atoms with E-state index in [1.807, 2.05) is 13.0 Å². The quantitative estimate of drug-likeness (QED) is 0.831. The number of hydrogen-bond acceptors (Lipinski definition) is 1. The van der Waals surface area contributed by atoms with Crippen molar-refractivity contribution in [3.63, 3.8) is 0 Å². The summed E-state index contributed by atoms with van der Waals surface area (Å²) in [5.74, 6) is 0.612. The van der Waals surface area contributed by atoms with E-state index in [1.54, 1.807) is 0 Å². The Hall–Kier alpha value is -0.530. The van der Waals surface area contributed by atoms with Crippen LogP contribution in [0.1, 0.15) is 63.5 Å². The average Bonchev–Trinajstić information content (AvgIpc) is 2.29. The number of hydrogen-bond donors (Lipinski definition) is 1. The lowest BCUT2D eigenvalue weighted by Crippen LogP contribution is -2.20. The zero-order chi connectivity index (χ0) is 14.0. The summed E-state index contributed by atoms with van der Waals surface area (Å²) < 4.78 is 0. The summed E-state index contributed by atoms with van der Waals surface area (Å²) >= 11 is 6.44. The Balaban J connectivity index is 2.09. The van der Waals surface area contributed by atoms with Crippen LogP contribution in [0.15, 0.2) is 18.2 Å². The van der Waals surface area contributed by atoms with Crippen molar-refractivity contribution in [1.82, 2.24) is 0 Å². The van der Waals surface area contributed by atoms with Gasteiger partial charge in [0, 0.05) is 5.02 Å². The van der Waals surface area contributed by atoms with Crippen molar-refractivity contribution < 1.29 is 5.11 Å². The molecule has 0 spiro atoms. The number of benzene rings is 1. The molecule has 0 heterocycles. The van der Waals surface area contributed by atoms with Crippen molar-refractivity contribution in [1.29, 1.82) is 0 Å². The molecule has 0 aromatic heterocycles. The van der Waals surface area contributed by atoms with E-state index in [0.717, 1.165) is 10.6 Å². The minimum absolute atomic E-state index is 0.308. The number of rotatable bonds is 3. The highest BCUT2D eigenvalue weighted by Gasteiger charge is 2.28. The third-order valence-electron chi connectivity index (χ3n) is 4.37. The van der Waals surface area contributed by atoms with Crippen LogP contribution in [0.3, 0.4) is 0 Å². The fraction of sp³-hybridized carbons (Fsp3) is 0.647. The van der Waals surface area contributed by atoms with E-state index >= 15 is 0 Å². The van der Waals surface area contributed by atoms with Crippen molar-refractivity contribution in [2.45, 2.75) is 64.9 Å². The van der Waals surface area contributed by atoms with Gasteiger partial charge in [-0.2, -0.15) is 0 Å². The maximum atomic E-state index is 9.43. The van der Waals surface area contributed by atoms with Crippen molar-refractivity contribution in [3.8, 4) is 0 Å². The molecule has 1 atom stereocenters. The standard InChI is InChI=1S/C17H25ClO/c1-12(19)10-13-4-5-15(16(18)11-13)14-6-8-17(2,3)9-7-14/h4-5,11-12,14,19H,6-10H2,1-3H3. The highest BCUT2D eigenvalue weighted by atomic mass is 35.5. The third kappa shape index (κ3) is 3.97. The monoisotopic (exact) mass is 280 g/mol. The Labute approximate surface area is 122 Å². The summed E-state index contributed by atoms with van der Waals surface area (Å²) in [6.45, 7) is 6.53. The zero-order valence-corrected chi connectivity index (χ0v) is 13.0. The molecule has 1 unspecified atom stereocenters. The molecule has 0 bridgehead atoms. The fourth-order valence-electron chi connectivity index (χ4n) is 3.08. The normalized spacial score (nSPS) is 21.3. The molecule has 1 saturated carbocycles. The van der Waals surface area contributed by atoms with E-state index in [4.69, 9.17) is 11.6 Å². The SMILES string of the molecule is CC(O)Cc1ccc(C2CCC(C)(C)CC2)c(Cl)c1. The van der Waals surface area contributed by atoms with Crippen LogP contribution in [0.2, 0.25) is 5.02 Å². The maximum Gasteiger partial charge on any atom is 0.0552 e. The highest BCUT2D eigenvalue weighted by Crippen LogP contribution is 2.44. The Morgan fingerprint density at radius 1 is 1.32 bits per heavy atom. The first-order chi connectivity index (χ1) is 8.87. The van der Waals surface area contributed by atoms with E-state index in [1.165, 1.54) is 31.2 Å². The van der Waals surface area contributed by atoms with Crippen LogP contribution in [0.4, 0.5) is 0 Å². The van der Waals surface area contributed by atoms with Gasteiger partial charge in [-0.1, -0.05) is 37.6 Å². The molecular weight excluding hydrogens is 256 g/mol. The Bertz CT molecular complexity index is 427. The van der Waals surface area contributed by atoms with Crippen molar-refractivity contribution >= 4 is 11.6 Å². The van der Waals surface area contributed by atoms with Crippen LogP contribution >= 0.6 is 11.6 Å². The van der Waals surface area contributed by atoms with E-state index < -0.39 is 0 Å². The van der Waals surface area contributed by atoms with Gasteiger partial charge < -0.3 is 5.11 Å². The van der Waals surface area contributed by atoms with Gasteiger partial charge in [0.05, 0.1) is 6.10 Å². The molecule has 19 heavy (non-hydrogen) atoms. The van der Waals surface area contributed by atoms with Crippen LogP contribution in [0.5, 0.6) is 0 Å². The Kier molecular flexibility index (Phi) is 4.58. The molecule has 1 N–H and O–H groups in total. The molecule has 1 aliphatic rings. The second kappa shape index (κ2) is 5.85. The molecule has 0 aliphatic heterocycles. The van der Waals surface area contributed by atoms with E-state index in [9.17, 15) is 5.11 Å². The summed E-state index contributed by atoms with van der Waals surface area (Å²) in [6.07, 6.45) is 5.41. The van der Waals surface area contributed by atoms with Crippen molar-refractivity contribution in [3.05, 3.63) is 34.3 Å². The lowest BCUT2D eigenvalue weighted by Gasteiger charge is -2.34. The third-order valence-corrected chi connectivity index (χ3v) is 4.70. The zero-order valence-electron chi connectivity index (χ0n) is 12.2. The topological polar surface area (TPSA) is 20.2 Å². The summed E-state index contributed by atoms with van der Waals surface area (Å²) in [5, 5.41) is 10.3. The van der Waals surface area contributed by atoms with E-state index in [-0.39, 0.29) is 6.10 Å². The minimum atomic E-state index is -0.308. The minimum Gasteiger partial charge on any atom is -0.393 e. The van der Waals surface area contributed by atoms with Crippen LogP contribution < -0.4 is 0 Å². The number of aliphatic hydroxyl groups is 1. The van der Waals surface area contributed by atoms with Gasteiger partial charge in [-0.05, 0) is 67.6 Å². The molecule has 1 aromatic carbocycles. The molecule has 1 aromatic rings. The van der Waals surface area contributed by atoms with Crippen LogP contribution in [-0.4, -0.2) is 11.2 Å². The van der Waals surface area contributed by atoms with Gasteiger partial charge in [-0.3, -0.25) is 0 Å². The van der Waals surface area contributed by atoms with Gasteiger partial charge in [0.1, 0.15) is 0 Å². The molecule has 2 heteroatoms. The van der Waals surface area contributed by atoms with Crippen molar-refractivity contribution in [2.75, 3.05) is 0 Å². The first-order valence-electron chi connectivity index (χ1n) is 7.34. The van der Waals surface area contributed by atoms with E-state index in [2.05, 4.69) is 26.0 Å². The van der Waals surface area contributed by atoms with Gasteiger partial charge in [-0.15, -0.1) is 0 Å². The molecule has 0 saturated heterocycles. The molecule has 0 radical (unpaired) electrons. The molecule has 1 nitrogen and oxygen atoms in total. The fourth-order valence-corrected chi connectivity index (χ4v) is 3.44. The molecule has 0 amide bonds. The summed E-state index contributed by atoms with van der Waals surface area (Å²) in [4.78, 5) is 0. The lowest BCUT2D eigenvalue weighted by atomic mass is 9.71. The van der Waals surface area contributed by atoms with Crippen LogP contribution in [0.25, 0.3) is 0 Å². The molecule has 2 rings (SSSR count). The predicted octanol–water partition coefficient (Wildman–Crippen LogP) is 4.95. The Morgan fingerprint density at radius 2 is 1.95 bits per heavy atom. The second-order valence-electron chi connectivity index (χ2n) is 6.85. The van der Waals surface area contributed by atoms with E-state index in [0.29, 0.717) is 17.8 Å². The van der Waals surface area contributed by atoms with Gasteiger partial charge >= 0.3 is 0 Å². The maximum absolute atomic E-state index is 9.43. The van der Waals surface area contributed by atoms with Crippen LogP contribution in [0, 0.1) is 5.41 Å². The lowest BCUT2D eigenvalue weighted by molar-refractivity contribution is 0.195. The molecule has 106 valence electrons. The summed E-state index contributed by atoms with van der Waals surface area (Å²) in [7, 11) is 0. The van der Waals surface area contributed by atoms with Crippen molar-refractivity contribution in [2.24, 2.45) is 5.41 Å². The molecular formula is C17H25ClO. The average molecular weight is 281 g/mol.